The van der Waals surface area contributed by atoms with E-state index in [-0.39, 0.29) is 29.9 Å². The summed E-state index contributed by atoms with van der Waals surface area (Å²) < 4.78 is 1.13. The zero-order chi connectivity index (χ0) is 27.5. The molecule has 0 unspecified atom stereocenters. The lowest BCUT2D eigenvalue weighted by Crippen LogP contribution is -2.44. The van der Waals surface area contributed by atoms with Crippen LogP contribution >= 0.6 is 11.3 Å². The van der Waals surface area contributed by atoms with E-state index in [1.165, 1.54) is 5.56 Å². The van der Waals surface area contributed by atoms with Crippen LogP contribution in [0.2, 0.25) is 0 Å². The van der Waals surface area contributed by atoms with Gasteiger partial charge < -0.3 is 10.2 Å². The number of benzene rings is 1. The highest BCUT2D eigenvalue weighted by atomic mass is 32.1. The fourth-order valence-electron chi connectivity index (χ4n) is 5.31. The summed E-state index contributed by atoms with van der Waals surface area (Å²) in [5.41, 5.74) is 2.22. The number of Topliss-reactive ketones (excluding diaryl/α,β-unsaturated/α-hetero) is 1. The van der Waals surface area contributed by atoms with Gasteiger partial charge in [-0.05, 0) is 75.9 Å². The topological polar surface area (TPSA) is 79.4 Å². The van der Waals surface area contributed by atoms with Crippen LogP contribution < -0.4 is 5.32 Å². The van der Waals surface area contributed by atoms with Crippen molar-refractivity contribution in [3.8, 4) is 0 Å². The van der Waals surface area contributed by atoms with Crippen molar-refractivity contribution in [2.75, 3.05) is 20.6 Å². The van der Waals surface area contributed by atoms with E-state index in [2.05, 4.69) is 24.4 Å². The molecule has 1 amide bonds. The summed E-state index contributed by atoms with van der Waals surface area (Å²) in [4.78, 5) is 45.6. The van der Waals surface area contributed by atoms with Gasteiger partial charge in [0.25, 0.3) is 0 Å². The molecule has 1 aliphatic carbocycles. The van der Waals surface area contributed by atoms with Gasteiger partial charge in [0, 0.05) is 38.3 Å². The SMILES string of the molecule is CCCC(=O)C[C@@H](Cc1nc2ccc(CC)cc2s1)C(=O)N[C@H](CCC(=O)/C=C/CN(C)C)C1CCCC1. The van der Waals surface area contributed by atoms with Gasteiger partial charge in [0.15, 0.2) is 5.78 Å². The normalized spacial score (nSPS) is 15.9. The van der Waals surface area contributed by atoms with Gasteiger partial charge in [0.05, 0.1) is 21.1 Å². The summed E-state index contributed by atoms with van der Waals surface area (Å²) in [6, 6.07) is 6.28. The van der Waals surface area contributed by atoms with Crippen LogP contribution in [0.5, 0.6) is 0 Å². The fraction of sp³-hybridized carbons (Fsp3) is 0.613. The first-order valence-electron chi connectivity index (χ1n) is 14.3. The maximum Gasteiger partial charge on any atom is 0.224 e. The molecule has 0 spiro atoms. The molecule has 1 N–H and O–H groups in total. The van der Waals surface area contributed by atoms with E-state index in [9.17, 15) is 14.4 Å². The Labute approximate surface area is 232 Å². The lowest BCUT2D eigenvalue weighted by molar-refractivity contribution is -0.130. The van der Waals surface area contributed by atoms with E-state index < -0.39 is 5.92 Å². The molecule has 1 aromatic heterocycles. The largest absolute Gasteiger partial charge is 0.353 e. The van der Waals surface area contributed by atoms with Gasteiger partial charge in [-0.3, -0.25) is 14.4 Å². The lowest BCUT2D eigenvalue weighted by atomic mass is 9.91. The number of ketones is 2. The molecule has 38 heavy (non-hydrogen) atoms. The summed E-state index contributed by atoms with van der Waals surface area (Å²) in [6.07, 6.45) is 12.0. The number of hydrogen-bond donors (Lipinski definition) is 1. The average Bonchev–Trinajstić information content (AvgIpc) is 3.55. The van der Waals surface area contributed by atoms with E-state index in [0.29, 0.717) is 31.6 Å². The fourth-order valence-corrected chi connectivity index (χ4v) is 6.42. The number of allylic oxidation sites excluding steroid dienone is 1. The highest BCUT2D eigenvalue weighted by molar-refractivity contribution is 7.18. The molecule has 1 heterocycles. The third-order valence-electron chi connectivity index (χ3n) is 7.47. The van der Waals surface area contributed by atoms with Gasteiger partial charge >= 0.3 is 0 Å². The maximum absolute atomic E-state index is 13.7. The highest BCUT2D eigenvalue weighted by Crippen LogP contribution is 2.31. The van der Waals surface area contributed by atoms with Gasteiger partial charge in [0.2, 0.25) is 5.91 Å². The Kier molecular flexibility index (Phi) is 12.1. The molecule has 1 saturated carbocycles. The van der Waals surface area contributed by atoms with Crippen LogP contribution in [0.4, 0.5) is 0 Å². The number of fused-ring (bicyclic) bond motifs is 1. The number of carbonyl (C=O) groups excluding carboxylic acids is 3. The summed E-state index contributed by atoms with van der Waals surface area (Å²) in [5.74, 6) is 0.0927. The Morgan fingerprint density at radius 3 is 2.61 bits per heavy atom. The Bertz CT molecular complexity index is 1100. The molecular weight excluding hydrogens is 494 g/mol. The van der Waals surface area contributed by atoms with E-state index in [1.807, 2.05) is 38.1 Å². The second kappa shape index (κ2) is 15.3. The summed E-state index contributed by atoms with van der Waals surface area (Å²) in [7, 11) is 3.94. The molecule has 0 saturated heterocycles. The summed E-state index contributed by atoms with van der Waals surface area (Å²) in [5, 5.41) is 4.21. The molecule has 3 rings (SSSR count). The van der Waals surface area contributed by atoms with Crippen LogP contribution in [0.1, 0.15) is 82.2 Å². The smallest absolute Gasteiger partial charge is 0.224 e. The highest BCUT2D eigenvalue weighted by Gasteiger charge is 2.30. The first-order chi connectivity index (χ1) is 18.3. The molecular formula is C31H45N3O3S. The number of carbonyl (C=O) groups is 3. The Balaban J connectivity index is 1.72. The second-order valence-electron chi connectivity index (χ2n) is 11.0. The van der Waals surface area contributed by atoms with E-state index >= 15 is 0 Å². The van der Waals surface area contributed by atoms with E-state index in [0.717, 1.165) is 60.3 Å². The van der Waals surface area contributed by atoms with Gasteiger partial charge in [-0.15, -0.1) is 11.3 Å². The van der Waals surface area contributed by atoms with Crippen molar-refractivity contribution >= 4 is 39.0 Å². The van der Waals surface area contributed by atoms with Crippen LogP contribution in [-0.4, -0.2) is 54.0 Å². The third kappa shape index (κ3) is 9.42. The summed E-state index contributed by atoms with van der Waals surface area (Å²) in [6.45, 7) is 4.86. The minimum absolute atomic E-state index is 0.0394. The van der Waals surface area contributed by atoms with Crippen LogP contribution in [-0.2, 0) is 27.2 Å². The molecule has 2 aromatic rings. The molecule has 0 bridgehead atoms. The predicted octanol–water partition coefficient (Wildman–Crippen LogP) is 5.92. The number of thiazole rings is 1. The van der Waals surface area contributed by atoms with E-state index in [1.54, 1.807) is 17.4 Å². The van der Waals surface area contributed by atoms with Crippen molar-refractivity contribution in [3.05, 3.63) is 40.9 Å². The maximum atomic E-state index is 13.7. The van der Waals surface area contributed by atoms with Crippen molar-refractivity contribution in [2.45, 2.75) is 90.5 Å². The van der Waals surface area contributed by atoms with Crippen molar-refractivity contribution in [1.82, 2.24) is 15.2 Å². The number of nitrogens with zero attached hydrogens (tertiary/aromatic N) is 2. The quantitative estimate of drug-likeness (QED) is 0.268. The van der Waals surface area contributed by atoms with Gasteiger partial charge in [-0.25, -0.2) is 4.98 Å². The zero-order valence-corrected chi connectivity index (χ0v) is 24.4. The van der Waals surface area contributed by atoms with Crippen molar-refractivity contribution < 1.29 is 14.4 Å². The van der Waals surface area contributed by atoms with Crippen molar-refractivity contribution in [1.29, 1.82) is 0 Å². The first-order valence-corrected chi connectivity index (χ1v) is 15.1. The first kappa shape index (κ1) is 30.2. The van der Waals surface area contributed by atoms with Crippen molar-refractivity contribution in [3.63, 3.8) is 0 Å². The molecule has 7 heteroatoms. The van der Waals surface area contributed by atoms with Crippen LogP contribution in [0.15, 0.2) is 30.4 Å². The average molecular weight is 540 g/mol. The minimum atomic E-state index is -0.445. The molecule has 1 aromatic carbocycles. The predicted molar refractivity (Wildman–Crippen MR) is 157 cm³/mol. The molecule has 208 valence electrons. The standard InChI is InChI=1S/C31H45N3O3S/c1-5-10-26(36)20-24(21-30-32-28-16-14-22(6-2)19-29(28)38-30)31(37)33-27(23-11-7-8-12-23)17-15-25(35)13-9-18-34(3)4/h9,13-14,16,19,23-24,27H,5-8,10-12,15,17-18,20-21H2,1-4H3,(H,33,37)/b13-9+/t24-,27+/m0/s1. The van der Waals surface area contributed by atoms with E-state index in [4.69, 9.17) is 4.98 Å². The second-order valence-corrected chi connectivity index (χ2v) is 12.1. The summed E-state index contributed by atoms with van der Waals surface area (Å²) >= 11 is 1.62. The van der Waals surface area contributed by atoms with Gasteiger partial charge in [-0.2, -0.15) is 0 Å². The van der Waals surface area contributed by atoms with Crippen LogP contribution in [0.25, 0.3) is 10.2 Å². The number of aryl methyl sites for hydroxylation is 1. The molecule has 1 fully saturated rings. The molecule has 1 aliphatic rings. The number of rotatable bonds is 16. The van der Waals surface area contributed by atoms with Crippen LogP contribution in [0.3, 0.4) is 0 Å². The monoisotopic (exact) mass is 539 g/mol. The van der Waals surface area contributed by atoms with Gasteiger partial charge in [-0.1, -0.05) is 38.8 Å². The third-order valence-corrected chi connectivity index (χ3v) is 8.51. The number of likely N-dealkylation sites (N-methyl/N-ethyl adjacent to an activating group) is 1. The number of hydrogen-bond acceptors (Lipinski definition) is 6. The Hall–Kier alpha value is -2.38. The molecule has 0 radical (unpaired) electrons. The van der Waals surface area contributed by atoms with Gasteiger partial charge in [0.1, 0.15) is 5.78 Å². The minimum Gasteiger partial charge on any atom is -0.353 e. The molecule has 2 atom stereocenters. The number of aromatic nitrogens is 1. The Morgan fingerprint density at radius 1 is 1.16 bits per heavy atom. The van der Waals surface area contributed by atoms with Crippen molar-refractivity contribution in [2.24, 2.45) is 11.8 Å². The lowest BCUT2D eigenvalue weighted by Gasteiger charge is -2.27. The number of amides is 1. The molecule has 0 aliphatic heterocycles. The Morgan fingerprint density at radius 2 is 1.92 bits per heavy atom. The molecule has 6 nitrogen and oxygen atoms in total. The zero-order valence-electron chi connectivity index (χ0n) is 23.6. The van der Waals surface area contributed by atoms with Crippen LogP contribution in [0, 0.1) is 11.8 Å². The number of nitrogens with one attached hydrogen (secondary N) is 1.